The Bertz CT molecular complexity index is 594. The molecule has 24 heavy (non-hydrogen) atoms. The number of furan rings is 1. The van der Waals surface area contributed by atoms with Crippen molar-refractivity contribution in [1.29, 1.82) is 0 Å². The van der Waals surface area contributed by atoms with E-state index in [1.54, 1.807) is 6.26 Å². The molecule has 130 valence electrons. The summed E-state index contributed by atoms with van der Waals surface area (Å²) in [6, 6.07) is 13.5. The highest BCUT2D eigenvalue weighted by Crippen LogP contribution is 2.10. The molecule has 0 radical (unpaired) electrons. The molecule has 1 heterocycles. The van der Waals surface area contributed by atoms with Gasteiger partial charge in [-0.05, 0) is 23.6 Å². The molecule has 0 aliphatic carbocycles. The average molecular weight is 329 g/mol. The average Bonchev–Trinajstić information content (AvgIpc) is 3.10. The number of aliphatic hydroxyl groups excluding tert-OH is 1. The van der Waals surface area contributed by atoms with Crippen molar-refractivity contribution in [2.75, 3.05) is 19.6 Å². The van der Waals surface area contributed by atoms with E-state index in [2.05, 4.69) is 29.5 Å². The van der Waals surface area contributed by atoms with Crippen molar-refractivity contribution in [2.45, 2.75) is 26.4 Å². The van der Waals surface area contributed by atoms with Gasteiger partial charge in [0.05, 0.1) is 12.4 Å². The molecule has 5 heteroatoms. The third kappa shape index (κ3) is 6.46. The molecule has 5 nitrogen and oxygen atoms in total. The van der Waals surface area contributed by atoms with Crippen LogP contribution in [0.3, 0.4) is 0 Å². The SMILES string of the molecule is CC(C)CN=C(NCCc1ccco1)NCC(O)c1ccccc1. The molecule has 0 fully saturated rings. The van der Waals surface area contributed by atoms with E-state index in [1.165, 1.54) is 0 Å². The van der Waals surface area contributed by atoms with E-state index in [0.29, 0.717) is 18.4 Å². The van der Waals surface area contributed by atoms with Crippen LogP contribution in [0.25, 0.3) is 0 Å². The fraction of sp³-hybridized carbons (Fsp3) is 0.421. The van der Waals surface area contributed by atoms with Crippen LogP contribution in [0, 0.1) is 5.92 Å². The Labute approximate surface area is 143 Å². The number of nitrogens with zero attached hydrogens (tertiary/aromatic N) is 1. The van der Waals surface area contributed by atoms with Gasteiger partial charge in [-0.2, -0.15) is 0 Å². The molecule has 1 atom stereocenters. The highest BCUT2D eigenvalue weighted by Gasteiger charge is 2.08. The van der Waals surface area contributed by atoms with Gasteiger partial charge < -0.3 is 20.2 Å². The fourth-order valence-electron chi connectivity index (χ4n) is 2.19. The lowest BCUT2D eigenvalue weighted by Crippen LogP contribution is -2.40. The summed E-state index contributed by atoms with van der Waals surface area (Å²) in [5.74, 6) is 2.13. The van der Waals surface area contributed by atoms with Gasteiger partial charge in [-0.15, -0.1) is 0 Å². The van der Waals surface area contributed by atoms with E-state index in [0.717, 1.165) is 30.8 Å². The Hall–Kier alpha value is -2.27. The van der Waals surface area contributed by atoms with E-state index in [-0.39, 0.29) is 0 Å². The Kier molecular flexibility index (Phi) is 7.36. The topological polar surface area (TPSA) is 69.8 Å². The van der Waals surface area contributed by atoms with Crippen molar-refractivity contribution < 1.29 is 9.52 Å². The quantitative estimate of drug-likeness (QED) is 0.514. The van der Waals surface area contributed by atoms with Crippen LogP contribution >= 0.6 is 0 Å². The second-order valence-corrected chi connectivity index (χ2v) is 6.15. The number of aliphatic hydroxyl groups is 1. The predicted molar refractivity (Wildman–Crippen MR) is 97.0 cm³/mol. The number of rotatable bonds is 8. The van der Waals surface area contributed by atoms with Crippen LogP contribution in [-0.4, -0.2) is 30.7 Å². The van der Waals surface area contributed by atoms with Crippen LogP contribution in [0.1, 0.15) is 31.3 Å². The zero-order valence-corrected chi connectivity index (χ0v) is 14.4. The van der Waals surface area contributed by atoms with Crippen molar-refractivity contribution in [3.05, 3.63) is 60.1 Å². The summed E-state index contributed by atoms with van der Waals surface area (Å²) >= 11 is 0. The Morgan fingerprint density at radius 2 is 1.92 bits per heavy atom. The first-order valence-corrected chi connectivity index (χ1v) is 8.42. The van der Waals surface area contributed by atoms with E-state index in [1.807, 2.05) is 42.5 Å². The van der Waals surface area contributed by atoms with Crippen LogP contribution < -0.4 is 10.6 Å². The highest BCUT2D eigenvalue weighted by atomic mass is 16.3. The second kappa shape index (κ2) is 9.78. The summed E-state index contributed by atoms with van der Waals surface area (Å²) in [6.07, 6.45) is 1.90. The molecule has 0 saturated carbocycles. The lowest BCUT2D eigenvalue weighted by atomic mass is 10.1. The first-order valence-electron chi connectivity index (χ1n) is 8.42. The Morgan fingerprint density at radius 1 is 1.12 bits per heavy atom. The molecule has 0 aliphatic heterocycles. The lowest BCUT2D eigenvalue weighted by Gasteiger charge is -2.16. The van der Waals surface area contributed by atoms with Crippen molar-refractivity contribution >= 4 is 5.96 Å². The minimum absolute atomic E-state index is 0.411. The zero-order chi connectivity index (χ0) is 17.2. The molecule has 1 aromatic heterocycles. The van der Waals surface area contributed by atoms with Gasteiger partial charge in [0, 0.05) is 26.1 Å². The molecule has 3 N–H and O–H groups in total. The van der Waals surface area contributed by atoms with Crippen molar-refractivity contribution in [3.8, 4) is 0 Å². The van der Waals surface area contributed by atoms with Gasteiger partial charge in [-0.3, -0.25) is 4.99 Å². The standard InChI is InChI=1S/C19H27N3O2/c1-15(2)13-21-19(20-11-10-17-9-6-12-24-17)22-14-18(23)16-7-4-3-5-8-16/h3-9,12,15,18,23H,10-11,13-14H2,1-2H3,(H2,20,21,22). The van der Waals surface area contributed by atoms with Crippen LogP contribution in [0.2, 0.25) is 0 Å². The van der Waals surface area contributed by atoms with Gasteiger partial charge in [0.25, 0.3) is 0 Å². The number of nitrogens with one attached hydrogen (secondary N) is 2. The number of benzene rings is 1. The van der Waals surface area contributed by atoms with Crippen molar-refractivity contribution in [1.82, 2.24) is 10.6 Å². The summed E-state index contributed by atoms with van der Waals surface area (Å²) in [4.78, 5) is 4.56. The molecule has 2 aromatic rings. The molecule has 2 rings (SSSR count). The molecule has 0 bridgehead atoms. The van der Waals surface area contributed by atoms with Crippen LogP contribution in [-0.2, 0) is 6.42 Å². The zero-order valence-electron chi connectivity index (χ0n) is 14.4. The largest absolute Gasteiger partial charge is 0.469 e. The maximum atomic E-state index is 10.3. The molecule has 1 unspecified atom stereocenters. The molecule has 0 saturated heterocycles. The molecule has 0 amide bonds. The van der Waals surface area contributed by atoms with Gasteiger partial charge in [0.15, 0.2) is 5.96 Å². The maximum Gasteiger partial charge on any atom is 0.191 e. The fourth-order valence-corrected chi connectivity index (χ4v) is 2.19. The van der Waals surface area contributed by atoms with Crippen molar-refractivity contribution in [2.24, 2.45) is 10.9 Å². The normalized spacial score (nSPS) is 13.1. The Morgan fingerprint density at radius 3 is 2.58 bits per heavy atom. The van der Waals surface area contributed by atoms with Gasteiger partial charge in [0.1, 0.15) is 5.76 Å². The van der Waals surface area contributed by atoms with E-state index < -0.39 is 6.10 Å². The van der Waals surface area contributed by atoms with Gasteiger partial charge in [0.2, 0.25) is 0 Å². The summed E-state index contributed by atoms with van der Waals surface area (Å²) in [6.45, 7) is 6.12. The van der Waals surface area contributed by atoms with Gasteiger partial charge >= 0.3 is 0 Å². The molecular formula is C19H27N3O2. The van der Waals surface area contributed by atoms with E-state index >= 15 is 0 Å². The van der Waals surface area contributed by atoms with Crippen LogP contribution in [0.5, 0.6) is 0 Å². The van der Waals surface area contributed by atoms with E-state index in [9.17, 15) is 5.11 Å². The summed E-state index contributed by atoms with van der Waals surface area (Å²) in [5, 5.41) is 16.8. The van der Waals surface area contributed by atoms with Gasteiger partial charge in [-0.1, -0.05) is 44.2 Å². The first kappa shape index (κ1) is 18.1. The molecule has 0 aliphatic rings. The van der Waals surface area contributed by atoms with Crippen molar-refractivity contribution in [3.63, 3.8) is 0 Å². The number of aliphatic imine (C=N–C) groups is 1. The third-order valence-corrected chi connectivity index (χ3v) is 3.51. The molecule has 0 spiro atoms. The summed E-state index contributed by atoms with van der Waals surface area (Å²) in [7, 11) is 0. The van der Waals surface area contributed by atoms with Crippen LogP contribution in [0.4, 0.5) is 0 Å². The Balaban J connectivity index is 1.84. The first-order chi connectivity index (χ1) is 11.6. The molecular weight excluding hydrogens is 302 g/mol. The molecule has 1 aromatic carbocycles. The van der Waals surface area contributed by atoms with E-state index in [4.69, 9.17) is 4.42 Å². The maximum absolute atomic E-state index is 10.3. The lowest BCUT2D eigenvalue weighted by molar-refractivity contribution is 0.181. The summed E-state index contributed by atoms with van der Waals surface area (Å²) in [5.41, 5.74) is 0.892. The summed E-state index contributed by atoms with van der Waals surface area (Å²) < 4.78 is 5.33. The van der Waals surface area contributed by atoms with Crippen LogP contribution in [0.15, 0.2) is 58.1 Å². The monoisotopic (exact) mass is 329 g/mol. The highest BCUT2D eigenvalue weighted by molar-refractivity contribution is 5.79. The minimum atomic E-state index is -0.567. The third-order valence-electron chi connectivity index (χ3n) is 3.51. The van der Waals surface area contributed by atoms with Gasteiger partial charge in [-0.25, -0.2) is 0 Å². The number of hydrogen-bond acceptors (Lipinski definition) is 3. The second-order valence-electron chi connectivity index (χ2n) is 6.15. The smallest absolute Gasteiger partial charge is 0.191 e. The number of hydrogen-bond donors (Lipinski definition) is 3. The predicted octanol–water partition coefficient (Wildman–Crippen LogP) is 2.75. The minimum Gasteiger partial charge on any atom is -0.469 e. The number of guanidine groups is 1.